The maximum atomic E-state index is 3.47. The van der Waals surface area contributed by atoms with E-state index >= 15 is 0 Å². The molecule has 0 unspecified atom stereocenters. The molecule has 130 valence electrons. The third-order valence-electron chi connectivity index (χ3n) is 4.56. The van der Waals surface area contributed by atoms with Crippen molar-refractivity contribution in [2.45, 2.75) is 26.8 Å². The van der Waals surface area contributed by atoms with Gasteiger partial charge in [-0.05, 0) is 17.0 Å². The fourth-order valence-corrected chi connectivity index (χ4v) is 3.74. The van der Waals surface area contributed by atoms with Crippen molar-refractivity contribution in [3.63, 3.8) is 0 Å². The minimum Gasteiger partial charge on any atom is -0.350 e. The Morgan fingerprint density at radius 3 is 2.26 bits per heavy atom. The van der Waals surface area contributed by atoms with Gasteiger partial charge in [-0.3, -0.25) is 4.90 Å². The summed E-state index contributed by atoms with van der Waals surface area (Å²) in [6, 6.07) is 9.24. The lowest BCUT2D eigenvalue weighted by atomic mass is 9.81. The first kappa shape index (κ1) is 20.3. The highest BCUT2D eigenvalue weighted by molar-refractivity contribution is 5.86. The van der Waals surface area contributed by atoms with E-state index in [1.807, 2.05) is 0 Å². The smallest absolute Gasteiger partial charge is 0.0481 e. The van der Waals surface area contributed by atoms with Crippen LogP contribution < -0.4 is 5.32 Å². The first-order valence-corrected chi connectivity index (χ1v) is 7.97. The van der Waals surface area contributed by atoms with Crippen LogP contribution in [0.5, 0.6) is 0 Å². The van der Waals surface area contributed by atoms with Crippen LogP contribution in [0.3, 0.4) is 0 Å². The van der Waals surface area contributed by atoms with Crippen molar-refractivity contribution in [1.29, 1.82) is 0 Å². The number of fused-ring (bicyclic) bond motifs is 1. The summed E-state index contributed by atoms with van der Waals surface area (Å²) in [5.74, 6) is 0. The lowest BCUT2D eigenvalue weighted by Crippen LogP contribution is -2.48. The molecule has 0 bridgehead atoms. The third-order valence-corrected chi connectivity index (χ3v) is 4.56. The fraction of sp³-hybridized carbons (Fsp3) is 0.556. The number of nitrogens with one attached hydrogen (secondary N) is 1. The molecular formula is C18H29Cl2N3. The van der Waals surface area contributed by atoms with Crippen molar-refractivity contribution >= 4 is 35.7 Å². The van der Waals surface area contributed by atoms with E-state index in [-0.39, 0.29) is 30.2 Å². The number of aryl methyl sites for hydroxylation is 1. The van der Waals surface area contributed by atoms with Gasteiger partial charge in [0.2, 0.25) is 0 Å². The monoisotopic (exact) mass is 357 g/mol. The zero-order valence-corrected chi connectivity index (χ0v) is 16.1. The van der Waals surface area contributed by atoms with Gasteiger partial charge < -0.3 is 9.88 Å². The fourth-order valence-electron chi connectivity index (χ4n) is 3.74. The van der Waals surface area contributed by atoms with E-state index in [0.29, 0.717) is 6.04 Å². The van der Waals surface area contributed by atoms with Gasteiger partial charge in [0.1, 0.15) is 0 Å². The van der Waals surface area contributed by atoms with Crippen molar-refractivity contribution in [2.24, 2.45) is 12.5 Å². The van der Waals surface area contributed by atoms with E-state index in [4.69, 9.17) is 0 Å². The third kappa shape index (κ3) is 4.03. The van der Waals surface area contributed by atoms with Gasteiger partial charge in [0.15, 0.2) is 0 Å². The second-order valence-electron chi connectivity index (χ2n) is 7.27. The number of rotatable bonds is 2. The van der Waals surface area contributed by atoms with Crippen LogP contribution in [0.1, 0.15) is 32.4 Å². The summed E-state index contributed by atoms with van der Waals surface area (Å²) in [6.07, 6.45) is 2.34. The normalized spacial score (nSPS) is 17.4. The average molecular weight is 358 g/mol. The Bertz CT molecular complexity index is 625. The lowest BCUT2D eigenvalue weighted by Gasteiger charge is -2.42. The van der Waals surface area contributed by atoms with Crippen LogP contribution in [0.2, 0.25) is 0 Å². The number of benzene rings is 1. The van der Waals surface area contributed by atoms with Gasteiger partial charge in [-0.2, -0.15) is 0 Å². The highest BCUT2D eigenvalue weighted by atomic mass is 35.5. The molecule has 3 nitrogen and oxygen atoms in total. The molecule has 1 aliphatic rings. The van der Waals surface area contributed by atoms with E-state index in [1.54, 1.807) is 0 Å². The number of hydrogen-bond acceptors (Lipinski definition) is 2. The van der Waals surface area contributed by atoms with Gasteiger partial charge in [0.25, 0.3) is 0 Å². The van der Waals surface area contributed by atoms with Gasteiger partial charge in [-0.1, -0.05) is 39.0 Å². The van der Waals surface area contributed by atoms with E-state index in [9.17, 15) is 0 Å². The maximum Gasteiger partial charge on any atom is 0.0481 e. The molecule has 5 heteroatoms. The molecule has 1 N–H and O–H groups in total. The topological polar surface area (TPSA) is 20.2 Å². The van der Waals surface area contributed by atoms with E-state index < -0.39 is 0 Å². The Kier molecular flexibility index (Phi) is 6.96. The van der Waals surface area contributed by atoms with Crippen LogP contribution in [0.4, 0.5) is 0 Å². The van der Waals surface area contributed by atoms with Crippen LogP contribution in [0, 0.1) is 5.41 Å². The van der Waals surface area contributed by atoms with Crippen LogP contribution in [-0.2, 0) is 7.05 Å². The molecule has 3 rings (SSSR count). The summed E-state index contributed by atoms with van der Waals surface area (Å²) in [6.45, 7) is 11.5. The molecule has 2 aromatic rings. The predicted molar refractivity (Wildman–Crippen MR) is 104 cm³/mol. The predicted octanol–water partition coefficient (Wildman–Crippen LogP) is 4.01. The molecular weight excluding hydrogens is 329 g/mol. The largest absolute Gasteiger partial charge is 0.350 e. The van der Waals surface area contributed by atoms with Gasteiger partial charge in [0, 0.05) is 56.4 Å². The maximum absolute atomic E-state index is 3.47. The van der Waals surface area contributed by atoms with Crippen LogP contribution in [0.15, 0.2) is 30.5 Å². The molecule has 1 atom stereocenters. The first-order valence-electron chi connectivity index (χ1n) is 7.97. The Hall–Kier alpha value is -0.740. The molecule has 0 aliphatic carbocycles. The van der Waals surface area contributed by atoms with Gasteiger partial charge >= 0.3 is 0 Å². The number of aromatic nitrogens is 1. The van der Waals surface area contributed by atoms with E-state index in [1.165, 1.54) is 16.5 Å². The molecule has 1 aromatic heterocycles. The highest BCUT2D eigenvalue weighted by Gasteiger charge is 2.34. The Morgan fingerprint density at radius 1 is 1.04 bits per heavy atom. The van der Waals surface area contributed by atoms with Crippen LogP contribution in [-0.4, -0.2) is 35.6 Å². The molecule has 0 amide bonds. The standard InChI is InChI=1S/C18H27N3.2ClH/c1-18(2,3)17(21-11-9-19-10-12-21)15-13-20(4)16-8-6-5-7-14(15)16;;/h5-8,13,17,19H,9-12H2,1-4H3;2*1H/t17-;;/m1../s1. The van der Waals surface area contributed by atoms with E-state index in [2.05, 4.69) is 73.1 Å². The summed E-state index contributed by atoms with van der Waals surface area (Å²) in [5, 5.41) is 4.87. The molecule has 0 radical (unpaired) electrons. The van der Waals surface area contributed by atoms with Crippen molar-refractivity contribution in [3.05, 3.63) is 36.0 Å². The van der Waals surface area contributed by atoms with Crippen molar-refractivity contribution in [3.8, 4) is 0 Å². The minimum absolute atomic E-state index is 0. The van der Waals surface area contributed by atoms with Gasteiger partial charge in [-0.15, -0.1) is 24.8 Å². The zero-order valence-electron chi connectivity index (χ0n) is 14.5. The number of piperazine rings is 1. The molecule has 1 fully saturated rings. The van der Waals surface area contributed by atoms with Crippen molar-refractivity contribution in [2.75, 3.05) is 26.2 Å². The number of hydrogen-bond donors (Lipinski definition) is 1. The summed E-state index contributed by atoms with van der Waals surface area (Å²) in [5.41, 5.74) is 3.03. The molecule has 0 spiro atoms. The second-order valence-corrected chi connectivity index (χ2v) is 7.27. The van der Waals surface area contributed by atoms with Crippen LogP contribution in [0.25, 0.3) is 10.9 Å². The molecule has 1 aromatic carbocycles. The highest BCUT2D eigenvalue weighted by Crippen LogP contribution is 2.41. The minimum atomic E-state index is 0. The Morgan fingerprint density at radius 2 is 1.65 bits per heavy atom. The first-order chi connectivity index (χ1) is 9.98. The Balaban J connectivity index is 0.00000132. The Labute approximate surface area is 152 Å². The van der Waals surface area contributed by atoms with Crippen LogP contribution >= 0.6 is 24.8 Å². The van der Waals surface area contributed by atoms with Gasteiger partial charge in [0.05, 0.1) is 0 Å². The summed E-state index contributed by atoms with van der Waals surface area (Å²) in [7, 11) is 2.16. The molecule has 0 saturated carbocycles. The molecule has 1 aliphatic heterocycles. The second kappa shape index (κ2) is 7.89. The van der Waals surface area contributed by atoms with Gasteiger partial charge in [-0.25, -0.2) is 0 Å². The number of halogens is 2. The summed E-state index contributed by atoms with van der Waals surface area (Å²) in [4.78, 5) is 2.65. The zero-order chi connectivity index (χ0) is 15.0. The molecule has 23 heavy (non-hydrogen) atoms. The summed E-state index contributed by atoms with van der Waals surface area (Å²) >= 11 is 0. The SMILES string of the molecule is Cl.Cl.Cn1cc([C@@H](N2CCNCC2)C(C)(C)C)c2ccccc21. The number of para-hydroxylation sites is 1. The average Bonchev–Trinajstić information content (AvgIpc) is 2.77. The summed E-state index contributed by atoms with van der Waals surface area (Å²) < 4.78 is 2.27. The molecule has 2 heterocycles. The number of nitrogens with zero attached hydrogens (tertiary/aromatic N) is 2. The van der Waals surface area contributed by atoms with Crippen molar-refractivity contribution < 1.29 is 0 Å². The van der Waals surface area contributed by atoms with Crippen molar-refractivity contribution in [1.82, 2.24) is 14.8 Å². The quantitative estimate of drug-likeness (QED) is 0.875. The molecule has 1 saturated heterocycles. The van der Waals surface area contributed by atoms with E-state index in [0.717, 1.165) is 26.2 Å². The lowest BCUT2D eigenvalue weighted by molar-refractivity contribution is 0.0871.